The zero-order chi connectivity index (χ0) is 8.27. The molecule has 0 aromatic carbocycles. The summed E-state index contributed by atoms with van der Waals surface area (Å²) in [5, 5.41) is 17.7. The summed E-state index contributed by atoms with van der Waals surface area (Å²) >= 11 is 0. The van der Waals surface area contributed by atoms with Gasteiger partial charge in [-0.2, -0.15) is 0 Å². The molecule has 1 aliphatic heterocycles. The molecule has 1 fully saturated rings. The molecule has 2 N–H and O–H groups in total. The van der Waals surface area contributed by atoms with E-state index < -0.39 is 6.10 Å². The van der Waals surface area contributed by atoms with Crippen LogP contribution >= 0.6 is 0 Å². The molecule has 4 nitrogen and oxygen atoms in total. The van der Waals surface area contributed by atoms with Crippen molar-refractivity contribution in [1.82, 2.24) is 0 Å². The Morgan fingerprint density at radius 3 is 2.82 bits per heavy atom. The fraction of sp³-hybridized carbons (Fsp3) is 1.00. The summed E-state index contributed by atoms with van der Waals surface area (Å²) in [7, 11) is 0. The molecule has 66 valence electrons. The molecule has 0 spiro atoms. The largest absolute Gasteiger partial charge is 0.394 e. The van der Waals surface area contributed by atoms with Crippen LogP contribution in [0.1, 0.15) is 6.92 Å². The Balaban J connectivity index is 2.29. The number of hydrogen-bond donors (Lipinski definition) is 2. The first-order chi connectivity index (χ1) is 5.25. The minimum atomic E-state index is -0.545. The van der Waals surface area contributed by atoms with Crippen LogP contribution in [0.2, 0.25) is 0 Å². The van der Waals surface area contributed by atoms with Crippen LogP contribution in [0.4, 0.5) is 0 Å². The van der Waals surface area contributed by atoms with E-state index in [4.69, 9.17) is 14.6 Å². The Morgan fingerprint density at radius 1 is 1.64 bits per heavy atom. The molecule has 0 radical (unpaired) electrons. The van der Waals surface area contributed by atoms with E-state index >= 15 is 0 Å². The van der Waals surface area contributed by atoms with E-state index in [2.05, 4.69) is 0 Å². The van der Waals surface area contributed by atoms with Gasteiger partial charge in [0.1, 0.15) is 12.2 Å². The standard InChI is InChI=1S/C7H14O4/c1-5-7(10-3-2-8)6(9)4-11-5/h5-9H,2-4H2,1H3/t5-,6?,7+/m0/s1. The van der Waals surface area contributed by atoms with E-state index in [1.54, 1.807) is 0 Å². The third-order valence-corrected chi connectivity index (χ3v) is 1.77. The third-order valence-electron chi connectivity index (χ3n) is 1.77. The first-order valence-electron chi connectivity index (χ1n) is 3.78. The Bertz CT molecular complexity index is 107. The summed E-state index contributed by atoms with van der Waals surface area (Å²) in [6.45, 7) is 2.42. The summed E-state index contributed by atoms with van der Waals surface area (Å²) in [4.78, 5) is 0. The smallest absolute Gasteiger partial charge is 0.112 e. The highest BCUT2D eigenvalue weighted by Gasteiger charge is 2.33. The summed E-state index contributed by atoms with van der Waals surface area (Å²) in [6.07, 6.45) is -0.893. The topological polar surface area (TPSA) is 58.9 Å². The van der Waals surface area contributed by atoms with Crippen molar-refractivity contribution in [2.75, 3.05) is 19.8 Å². The highest BCUT2D eigenvalue weighted by molar-refractivity contribution is 4.81. The van der Waals surface area contributed by atoms with Gasteiger partial charge < -0.3 is 19.7 Å². The minimum Gasteiger partial charge on any atom is -0.394 e. The highest BCUT2D eigenvalue weighted by atomic mass is 16.6. The quantitative estimate of drug-likeness (QED) is 0.567. The Kier molecular flexibility index (Phi) is 3.26. The number of ether oxygens (including phenoxy) is 2. The molecule has 1 aliphatic rings. The van der Waals surface area contributed by atoms with Crippen LogP contribution in [0.3, 0.4) is 0 Å². The molecule has 0 aromatic heterocycles. The van der Waals surface area contributed by atoms with Gasteiger partial charge in [0.15, 0.2) is 0 Å². The summed E-state index contributed by atoms with van der Waals surface area (Å²) in [5.41, 5.74) is 0. The van der Waals surface area contributed by atoms with Crippen LogP contribution in [-0.2, 0) is 9.47 Å². The van der Waals surface area contributed by atoms with Gasteiger partial charge >= 0.3 is 0 Å². The molecule has 1 heterocycles. The minimum absolute atomic E-state index is 0.0179. The predicted octanol–water partition coefficient (Wildman–Crippen LogP) is -0.857. The van der Waals surface area contributed by atoms with Gasteiger partial charge in [-0.3, -0.25) is 0 Å². The fourth-order valence-electron chi connectivity index (χ4n) is 1.19. The van der Waals surface area contributed by atoms with E-state index in [0.717, 1.165) is 0 Å². The molecular weight excluding hydrogens is 148 g/mol. The van der Waals surface area contributed by atoms with E-state index in [1.165, 1.54) is 0 Å². The first-order valence-corrected chi connectivity index (χ1v) is 3.78. The van der Waals surface area contributed by atoms with Crippen molar-refractivity contribution in [2.24, 2.45) is 0 Å². The lowest BCUT2D eigenvalue weighted by Gasteiger charge is -2.16. The van der Waals surface area contributed by atoms with Gasteiger partial charge in [-0.1, -0.05) is 0 Å². The van der Waals surface area contributed by atoms with Gasteiger partial charge in [0.05, 0.1) is 25.9 Å². The van der Waals surface area contributed by atoms with E-state index in [9.17, 15) is 5.11 Å². The monoisotopic (exact) mass is 162 g/mol. The lowest BCUT2D eigenvalue weighted by atomic mass is 10.2. The molecule has 1 saturated heterocycles. The zero-order valence-corrected chi connectivity index (χ0v) is 6.56. The zero-order valence-electron chi connectivity index (χ0n) is 6.56. The SMILES string of the molecule is C[C@@H]1OCC(O)[C@@H]1OCCO. The van der Waals surface area contributed by atoms with Crippen LogP contribution in [0.5, 0.6) is 0 Å². The van der Waals surface area contributed by atoms with Crippen molar-refractivity contribution < 1.29 is 19.7 Å². The Labute approximate surface area is 65.7 Å². The van der Waals surface area contributed by atoms with Gasteiger partial charge in [-0.05, 0) is 6.92 Å². The van der Waals surface area contributed by atoms with Crippen molar-refractivity contribution in [1.29, 1.82) is 0 Å². The molecule has 0 saturated carbocycles. The summed E-state index contributed by atoms with van der Waals surface area (Å²) < 4.78 is 10.3. The molecule has 1 unspecified atom stereocenters. The van der Waals surface area contributed by atoms with Crippen molar-refractivity contribution in [2.45, 2.75) is 25.2 Å². The molecule has 3 atom stereocenters. The summed E-state index contributed by atoms with van der Waals surface area (Å²) in [5.74, 6) is 0. The molecule has 0 bridgehead atoms. The average Bonchev–Trinajstić information content (AvgIpc) is 2.29. The molecule has 1 rings (SSSR count). The Hall–Kier alpha value is -0.160. The van der Waals surface area contributed by atoms with Gasteiger partial charge in [0.25, 0.3) is 0 Å². The van der Waals surface area contributed by atoms with Crippen LogP contribution in [0.25, 0.3) is 0 Å². The van der Waals surface area contributed by atoms with Gasteiger partial charge in [-0.15, -0.1) is 0 Å². The fourth-order valence-corrected chi connectivity index (χ4v) is 1.19. The van der Waals surface area contributed by atoms with E-state index in [0.29, 0.717) is 6.61 Å². The number of rotatable bonds is 3. The van der Waals surface area contributed by atoms with Gasteiger partial charge in [-0.25, -0.2) is 0 Å². The van der Waals surface area contributed by atoms with E-state index in [-0.39, 0.29) is 25.4 Å². The lowest BCUT2D eigenvalue weighted by molar-refractivity contribution is -0.0428. The molecule has 11 heavy (non-hydrogen) atoms. The first kappa shape index (κ1) is 8.93. The maximum absolute atomic E-state index is 9.25. The van der Waals surface area contributed by atoms with Crippen LogP contribution < -0.4 is 0 Å². The van der Waals surface area contributed by atoms with Crippen molar-refractivity contribution in [3.8, 4) is 0 Å². The highest BCUT2D eigenvalue weighted by Crippen LogP contribution is 2.16. The number of aliphatic hydroxyl groups excluding tert-OH is 2. The maximum Gasteiger partial charge on any atom is 0.112 e. The molecule has 4 heteroatoms. The molecule has 0 amide bonds. The van der Waals surface area contributed by atoms with Gasteiger partial charge in [0, 0.05) is 0 Å². The molecule has 0 aliphatic carbocycles. The normalized spacial score (nSPS) is 37.9. The number of aliphatic hydroxyl groups is 2. The maximum atomic E-state index is 9.25. The second kappa shape index (κ2) is 4.01. The van der Waals surface area contributed by atoms with Crippen LogP contribution in [0.15, 0.2) is 0 Å². The molecule has 0 aromatic rings. The third kappa shape index (κ3) is 2.13. The molecular formula is C7H14O4. The summed E-state index contributed by atoms with van der Waals surface area (Å²) in [6, 6.07) is 0. The predicted molar refractivity (Wildman–Crippen MR) is 38.2 cm³/mol. The van der Waals surface area contributed by atoms with Crippen LogP contribution in [-0.4, -0.2) is 48.3 Å². The second-order valence-corrected chi connectivity index (χ2v) is 2.66. The van der Waals surface area contributed by atoms with Crippen molar-refractivity contribution in [3.05, 3.63) is 0 Å². The lowest BCUT2D eigenvalue weighted by Crippen LogP contribution is -2.32. The van der Waals surface area contributed by atoms with Gasteiger partial charge in [0.2, 0.25) is 0 Å². The second-order valence-electron chi connectivity index (χ2n) is 2.66. The van der Waals surface area contributed by atoms with E-state index in [1.807, 2.05) is 6.92 Å². The average molecular weight is 162 g/mol. The van der Waals surface area contributed by atoms with Crippen molar-refractivity contribution >= 4 is 0 Å². The number of hydrogen-bond acceptors (Lipinski definition) is 4. The Morgan fingerprint density at radius 2 is 2.36 bits per heavy atom. The van der Waals surface area contributed by atoms with Crippen LogP contribution in [0, 0.1) is 0 Å². The van der Waals surface area contributed by atoms with Crippen molar-refractivity contribution in [3.63, 3.8) is 0 Å².